The highest BCUT2D eigenvalue weighted by molar-refractivity contribution is 5.88. The van der Waals surface area contributed by atoms with Crippen LogP contribution in [0, 0.1) is 16.7 Å². The van der Waals surface area contributed by atoms with Gasteiger partial charge in [-0.15, -0.1) is 5.10 Å². The smallest absolute Gasteiger partial charge is 0.244 e. The number of carbonyl (C=O) groups excluding carboxylic acids is 1. The number of halogens is 1. The molecule has 0 spiro atoms. The second kappa shape index (κ2) is 7.90. The van der Waals surface area contributed by atoms with Crippen LogP contribution in [0.1, 0.15) is 19.3 Å². The Balaban J connectivity index is 1.24. The van der Waals surface area contributed by atoms with Gasteiger partial charge in [-0.2, -0.15) is 15.3 Å². The average molecular weight is 475 g/mol. The molecule has 5 heterocycles. The summed E-state index contributed by atoms with van der Waals surface area (Å²) < 4.78 is 23.9. The molecule has 0 radical (unpaired) electrons. The third-order valence-electron chi connectivity index (χ3n) is 6.77. The summed E-state index contributed by atoms with van der Waals surface area (Å²) in [5.41, 5.74) is 2.21. The number of anilines is 1. The Morgan fingerprint density at radius 2 is 2.17 bits per heavy atom. The van der Waals surface area contributed by atoms with Crippen molar-refractivity contribution in [2.75, 3.05) is 25.5 Å². The van der Waals surface area contributed by atoms with Crippen molar-refractivity contribution in [2.45, 2.75) is 31.5 Å². The Morgan fingerprint density at radius 1 is 1.31 bits per heavy atom. The second-order valence-corrected chi connectivity index (χ2v) is 8.95. The molecule has 11 nitrogen and oxygen atoms in total. The summed E-state index contributed by atoms with van der Waals surface area (Å²) in [6.07, 6.45) is 5.31. The molecule has 1 aliphatic carbocycles. The van der Waals surface area contributed by atoms with Crippen LogP contribution in [0.3, 0.4) is 0 Å². The Morgan fingerprint density at radius 3 is 2.91 bits per heavy atom. The summed E-state index contributed by atoms with van der Waals surface area (Å²) in [7, 11) is 1.52. The topological polar surface area (TPSA) is 126 Å². The van der Waals surface area contributed by atoms with E-state index in [4.69, 9.17) is 4.74 Å². The number of likely N-dealkylation sites (tertiary alicyclic amines) is 1. The van der Waals surface area contributed by atoms with Gasteiger partial charge in [0.15, 0.2) is 5.65 Å². The van der Waals surface area contributed by atoms with Crippen molar-refractivity contribution < 1.29 is 13.9 Å². The molecular formula is C23H22FN9O2. The van der Waals surface area contributed by atoms with Gasteiger partial charge in [0.25, 0.3) is 0 Å². The van der Waals surface area contributed by atoms with Crippen LogP contribution in [0.15, 0.2) is 36.9 Å². The van der Waals surface area contributed by atoms with Crippen molar-refractivity contribution in [3.8, 4) is 23.1 Å². The summed E-state index contributed by atoms with van der Waals surface area (Å²) in [6, 6.07) is 7.23. The van der Waals surface area contributed by atoms with Gasteiger partial charge < -0.3 is 15.0 Å². The predicted octanol–water partition coefficient (Wildman–Crippen LogP) is 2.10. The molecule has 2 aliphatic rings. The van der Waals surface area contributed by atoms with Crippen molar-refractivity contribution in [1.82, 2.24) is 34.1 Å². The fraction of sp³-hybridized carbons (Fsp3) is 0.391. The molecule has 35 heavy (non-hydrogen) atoms. The fourth-order valence-electron chi connectivity index (χ4n) is 4.62. The highest BCUT2D eigenvalue weighted by Gasteiger charge is 2.53. The summed E-state index contributed by atoms with van der Waals surface area (Å²) in [5.74, 6) is 0.310. The summed E-state index contributed by atoms with van der Waals surface area (Å²) in [4.78, 5) is 22.7. The number of aromatic nitrogens is 6. The maximum Gasteiger partial charge on any atom is 0.244 e. The van der Waals surface area contributed by atoms with Crippen LogP contribution in [-0.2, 0) is 4.79 Å². The van der Waals surface area contributed by atoms with Gasteiger partial charge in [-0.25, -0.2) is 18.4 Å². The molecule has 0 unspecified atom stereocenters. The molecule has 2 atom stereocenters. The zero-order chi connectivity index (χ0) is 24.2. The molecule has 4 aromatic heterocycles. The third kappa shape index (κ3) is 3.51. The first kappa shape index (κ1) is 21.3. The molecule has 12 heteroatoms. The molecule has 1 amide bonds. The van der Waals surface area contributed by atoms with Crippen LogP contribution < -0.4 is 10.1 Å². The van der Waals surface area contributed by atoms with Crippen molar-refractivity contribution in [2.24, 2.45) is 5.41 Å². The lowest BCUT2D eigenvalue weighted by Crippen LogP contribution is -2.51. The first-order valence-electron chi connectivity index (χ1n) is 11.4. The molecule has 1 N–H and O–H groups in total. The van der Waals surface area contributed by atoms with Crippen LogP contribution in [0.4, 0.5) is 10.3 Å². The molecule has 1 saturated carbocycles. The minimum absolute atomic E-state index is 0.0578. The second-order valence-electron chi connectivity index (χ2n) is 8.95. The lowest BCUT2D eigenvalue weighted by atomic mass is 10.00. The molecule has 2 fully saturated rings. The SMILES string of the molecule is COc1nc(N[C@H]2CCN(C(=O)C3(C#N)CC3)C[C@H]2F)nn2ccc(-c3ccc4ncnn4c3)c12. The van der Waals surface area contributed by atoms with E-state index in [9.17, 15) is 10.1 Å². The number of pyridine rings is 1. The molecule has 6 rings (SSSR count). The maximum absolute atomic E-state index is 15.0. The number of nitrogens with zero attached hydrogens (tertiary/aromatic N) is 8. The summed E-state index contributed by atoms with van der Waals surface area (Å²) >= 11 is 0. The number of carbonyl (C=O) groups is 1. The van der Waals surface area contributed by atoms with Crippen LogP contribution in [0.25, 0.3) is 22.3 Å². The van der Waals surface area contributed by atoms with E-state index in [1.807, 2.05) is 24.4 Å². The monoisotopic (exact) mass is 475 g/mol. The number of rotatable bonds is 5. The number of piperidine rings is 1. The lowest BCUT2D eigenvalue weighted by molar-refractivity contribution is -0.137. The van der Waals surface area contributed by atoms with Crippen molar-refractivity contribution >= 4 is 23.0 Å². The van der Waals surface area contributed by atoms with E-state index in [0.29, 0.717) is 37.2 Å². The molecule has 0 bridgehead atoms. The highest BCUT2D eigenvalue weighted by Crippen LogP contribution is 2.47. The number of amides is 1. The first-order chi connectivity index (χ1) is 17.0. The molecular weight excluding hydrogens is 453 g/mol. The van der Waals surface area contributed by atoms with Crippen molar-refractivity contribution in [3.63, 3.8) is 0 Å². The maximum atomic E-state index is 15.0. The van der Waals surface area contributed by atoms with Crippen LogP contribution in [0.2, 0.25) is 0 Å². The number of nitriles is 1. The number of hydrogen-bond acceptors (Lipinski definition) is 8. The lowest BCUT2D eigenvalue weighted by Gasteiger charge is -2.35. The van der Waals surface area contributed by atoms with Gasteiger partial charge in [0.05, 0.1) is 25.8 Å². The van der Waals surface area contributed by atoms with Crippen molar-refractivity contribution in [1.29, 1.82) is 5.26 Å². The minimum Gasteiger partial charge on any atom is -0.479 e. The number of ether oxygens (including phenoxy) is 1. The van der Waals surface area contributed by atoms with Gasteiger partial charge >= 0.3 is 0 Å². The molecule has 4 aromatic rings. The van der Waals surface area contributed by atoms with Gasteiger partial charge in [-0.05, 0) is 37.5 Å². The minimum atomic E-state index is -1.32. The Hall–Kier alpha value is -4.27. The van der Waals surface area contributed by atoms with Gasteiger partial charge in [0.1, 0.15) is 23.4 Å². The van der Waals surface area contributed by atoms with Crippen LogP contribution >= 0.6 is 0 Å². The standard InChI is InChI=1S/C23H22FN9O2/c1-35-20-19-15(14-2-3-18-26-13-27-33(18)10-14)4-9-32(19)30-22(29-20)28-17-5-8-31(11-16(17)24)21(34)23(12-25)6-7-23/h2-4,9-10,13,16-17H,5-8,11H2,1H3,(H,28,30)/t16-,17+/m1/s1. The molecule has 1 saturated heterocycles. The third-order valence-corrected chi connectivity index (χ3v) is 6.77. The largest absolute Gasteiger partial charge is 0.479 e. The van der Waals surface area contributed by atoms with Gasteiger partial charge in [-0.3, -0.25) is 4.79 Å². The van der Waals surface area contributed by atoms with Crippen LogP contribution in [0.5, 0.6) is 5.88 Å². The molecule has 0 aromatic carbocycles. The first-order valence-corrected chi connectivity index (χ1v) is 11.4. The van der Waals surface area contributed by atoms with Crippen molar-refractivity contribution in [3.05, 3.63) is 36.9 Å². The summed E-state index contributed by atoms with van der Waals surface area (Å²) in [5, 5.41) is 21.1. The number of nitrogens with one attached hydrogen (secondary N) is 1. The molecule has 178 valence electrons. The Kier molecular flexibility index (Phi) is 4.80. The fourth-order valence-corrected chi connectivity index (χ4v) is 4.62. The van der Waals surface area contributed by atoms with E-state index in [2.05, 4.69) is 31.6 Å². The predicted molar refractivity (Wildman–Crippen MR) is 122 cm³/mol. The quantitative estimate of drug-likeness (QED) is 0.465. The van der Waals surface area contributed by atoms with E-state index in [1.165, 1.54) is 18.3 Å². The highest BCUT2D eigenvalue weighted by atomic mass is 19.1. The summed E-state index contributed by atoms with van der Waals surface area (Å²) in [6.45, 7) is 0.315. The zero-order valence-corrected chi connectivity index (χ0v) is 18.9. The molecule has 1 aliphatic heterocycles. The number of hydrogen-bond donors (Lipinski definition) is 1. The van der Waals surface area contributed by atoms with Crippen LogP contribution in [-0.4, -0.2) is 72.4 Å². The number of alkyl halides is 1. The zero-order valence-electron chi connectivity index (χ0n) is 18.9. The normalized spacial score (nSPS) is 21.1. The van der Waals surface area contributed by atoms with E-state index in [0.717, 1.165) is 16.8 Å². The van der Waals surface area contributed by atoms with Gasteiger partial charge in [0.2, 0.25) is 17.7 Å². The van der Waals surface area contributed by atoms with E-state index >= 15 is 4.39 Å². The Bertz CT molecular complexity index is 1490. The van der Waals surface area contributed by atoms with Gasteiger partial charge in [-0.1, -0.05) is 0 Å². The van der Waals surface area contributed by atoms with E-state index < -0.39 is 17.6 Å². The van der Waals surface area contributed by atoms with Gasteiger partial charge in [0, 0.05) is 30.1 Å². The van der Waals surface area contributed by atoms with E-state index in [-0.39, 0.29) is 18.4 Å². The average Bonchev–Trinajstić information content (AvgIpc) is 3.33. The van der Waals surface area contributed by atoms with E-state index in [1.54, 1.807) is 15.2 Å². The number of methoxy groups -OCH3 is 1. The Labute approximate surface area is 199 Å². The number of fused-ring (bicyclic) bond motifs is 2.